The second-order valence-electron chi connectivity index (χ2n) is 7.72. The summed E-state index contributed by atoms with van der Waals surface area (Å²) in [4.78, 5) is 4.53. The molecule has 3 atom stereocenters. The molecule has 0 saturated carbocycles. The van der Waals surface area contributed by atoms with Gasteiger partial charge < -0.3 is 25.3 Å². The molecule has 5 rings (SSSR count). The standard InChI is InChI=1S/C21H21N5O3/c1-27-14-7-5-13(6-8-14)17-19(11-22)18(24)26-21(28-9-10-29-21)20(19,12-23)15-3-2-4-16(15)25-17/h5-8,17,25H,2-4,9-10H2,1H3,(H2,24,26)/t17-,19-,20-/m1/s1. The van der Waals surface area contributed by atoms with E-state index in [1.807, 2.05) is 24.3 Å². The number of nitrogens with two attached hydrogens (primary N) is 1. The molecular weight excluding hydrogens is 370 g/mol. The molecule has 8 heteroatoms. The number of rotatable bonds is 2. The summed E-state index contributed by atoms with van der Waals surface area (Å²) in [6.45, 7) is 0.593. The first kappa shape index (κ1) is 18.0. The molecule has 3 N–H and O–H groups in total. The second kappa shape index (κ2) is 5.96. The van der Waals surface area contributed by atoms with Gasteiger partial charge in [-0.05, 0) is 42.5 Å². The Labute approximate surface area is 168 Å². The van der Waals surface area contributed by atoms with E-state index in [-0.39, 0.29) is 5.84 Å². The van der Waals surface area contributed by atoms with Gasteiger partial charge in [0.05, 0.1) is 38.5 Å². The lowest BCUT2D eigenvalue weighted by molar-refractivity contribution is -0.212. The molecule has 0 unspecified atom stereocenters. The van der Waals surface area contributed by atoms with Crippen LogP contribution in [0.3, 0.4) is 0 Å². The molecule has 0 radical (unpaired) electrons. The smallest absolute Gasteiger partial charge is 0.297 e. The highest BCUT2D eigenvalue weighted by Gasteiger charge is 2.80. The molecule has 1 spiro atoms. The van der Waals surface area contributed by atoms with Crippen LogP contribution in [0.15, 0.2) is 40.5 Å². The molecule has 3 heterocycles. The van der Waals surface area contributed by atoms with Gasteiger partial charge in [0.15, 0.2) is 10.8 Å². The highest BCUT2D eigenvalue weighted by molar-refractivity contribution is 5.96. The fourth-order valence-electron chi connectivity index (χ4n) is 5.41. The van der Waals surface area contributed by atoms with Gasteiger partial charge in [0, 0.05) is 5.70 Å². The van der Waals surface area contributed by atoms with Gasteiger partial charge in [-0.1, -0.05) is 12.1 Å². The van der Waals surface area contributed by atoms with Crippen LogP contribution in [0, 0.1) is 33.5 Å². The monoisotopic (exact) mass is 391 g/mol. The number of nitriles is 2. The van der Waals surface area contributed by atoms with Crippen LogP contribution in [0.1, 0.15) is 30.9 Å². The Hall–Kier alpha value is -3.07. The maximum absolute atomic E-state index is 10.6. The fourth-order valence-corrected chi connectivity index (χ4v) is 5.41. The summed E-state index contributed by atoms with van der Waals surface area (Å²) in [6, 6.07) is 11.7. The largest absolute Gasteiger partial charge is 0.497 e. The van der Waals surface area contributed by atoms with Gasteiger partial charge in [0.2, 0.25) is 0 Å². The number of ether oxygens (including phenoxy) is 3. The van der Waals surface area contributed by atoms with Crippen molar-refractivity contribution in [3.05, 3.63) is 41.1 Å². The average Bonchev–Trinajstić information content (AvgIpc) is 3.46. The van der Waals surface area contributed by atoms with Gasteiger partial charge in [0.25, 0.3) is 5.91 Å². The maximum atomic E-state index is 10.6. The SMILES string of the molecule is COc1ccc([C@H]2NC3=C(CCC3)[C@@]3(C#N)C4(N=C(N)[C@@]23C#N)OCCO4)cc1. The van der Waals surface area contributed by atoms with Crippen LogP contribution < -0.4 is 15.8 Å². The number of allylic oxidation sites excluding steroid dienone is 1. The van der Waals surface area contributed by atoms with E-state index in [9.17, 15) is 10.5 Å². The van der Waals surface area contributed by atoms with E-state index in [1.54, 1.807) is 7.11 Å². The number of fused-ring (bicyclic) bond motifs is 3. The van der Waals surface area contributed by atoms with Crippen LogP contribution in [0.2, 0.25) is 0 Å². The van der Waals surface area contributed by atoms with Crippen molar-refractivity contribution in [3.8, 4) is 17.9 Å². The predicted molar refractivity (Wildman–Crippen MR) is 102 cm³/mol. The molecule has 4 aliphatic rings. The Morgan fingerprint density at radius 2 is 1.90 bits per heavy atom. The van der Waals surface area contributed by atoms with Gasteiger partial charge in [-0.25, -0.2) is 4.99 Å². The maximum Gasteiger partial charge on any atom is 0.297 e. The van der Waals surface area contributed by atoms with Crippen LogP contribution >= 0.6 is 0 Å². The number of methoxy groups -OCH3 is 1. The summed E-state index contributed by atoms with van der Waals surface area (Å²) in [6.07, 6.45) is 2.35. The number of aliphatic imine (C=N–C) groups is 1. The molecule has 1 saturated heterocycles. The minimum absolute atomic E-state index is 0.0650. The van der Waals surface area contributed by atoms with Gasteiger partial charge in [-0.15, -0.1) is 0 Å². The highest BCUT2D eigenvalue weighted by atomic mass is 16.8. The van der Waals surface area contributed by atoms with Crippen LogP contribution in [0.5, 0.6) is 5.75 Å². The molecule has 1 aromatic rings. The van der Waals surface area contributed by atoms with Crippen molar-refractivity contribution in [1.82, 2.24) is 5.32 Å². The van der Waals surface area contributed by atoms with Crippen molar-refractivity contribution < 1.29 is 14.2 Å². The second-order valence-corrected chi connectivity index (χ2v) is 7.72. The van der Waals surface area contributed by atoms with Gasteiger partial charge in [-0.3, -0.25) is 0 Å². The van der Waals surface area contributed by atoms with Crippen LogP contribution in [0.25, 0.3) is 0 Å². The van der Waals surface area contributed by atoms with Crippen molar-refractivity contribution in [1.29, 1.82) is 10.5 Å². The normalized spacial score (nSPS) is 34.0. The van der Waals surface area contributed by atoms with Crippen LogP contribution in [0.4, 0.5) is 0 Å². The lowest BCUT2D eigenvalue weighted by atomic mass is 9.53. The van der Waals surface area contributed by atoms with E-state index in [0.29, 0.717) is 25.4 Å². The zero-order chi connectivity index (χ0) is 20.3. The van der Waals surface area contributed by atoms with E-state index in [1.165, 1.54) is 0 Å². The number of hydrogen-bond donors (Lipinski definition) is 2. The quantitative estimate of drug-likeness (QED) is 0.788. The van der Waals surface area contributed by atoms with Crippen molar-refractivity contribution in [2.75, 3.05) is 20.3 Å². The van der Waals surface area contributed by atoms with E-state index >= 15 is 0 Å². The van der Waals surface area contributed by atoms with Gasteiger partial charge >= 0.3 is 0 Å². The van der Waals surface area contributed by atoms with Crippen molar-refractivity contribution in [2.24, 2.45) is 21.6 Å². The summed E-state index contributed by atoms with van der Waals surface area (Å²) in [5.74, 6) is -0.815. The third-order valence-electron chi connectivity index (χ3n) is 6.63. The zero-order valence-electron chi connectivity index (χ0n) is 16.1. The van der Waals surface area contributed by atoms with Crippen molar-refractivity contribution in [2.45, 2.75) is 31.2 Å². The number of nitrogens with zero attached hydrogens (tertiary/aromatic N) is 3. The molecule has 0 bridgehead atoms. The lowest BCUT2D eigenvalue weighted by Crippen LogP contribution is -2.63. The Kier molecular flexibility index (Phi) is 3.70. The fraction of sp³-hybridized carbons (Fsp3) is 0.476. The average molecular weight is 391 g/mol. The topological polar surface area (TPSA) is 126 Å². The molecule has 148 valence electrons. The van der Waals surface area contributed by atoms with Crippen molar-refractivity contribution >= 4 is 5.84 Å². The summed E-state index contributed by atoms with van der Waals surface area (Å²) >= 11 is 0. The molecule has 1 aromatic carbocycles. The Morgan fingerprint density at radius 3 is 2.52 bits per heavy atom. The number of amidine groups is 1. The molecular formula is C21H21N5O3. The molecule has 0 amide bonds. The number of hydrogen-bond acceptors (Lipinski definition) is 8. The molecule has 1 aliphatic carbocycles. The lowest BCUT2D eigenvalue weighted by Gasteiger charge is -2.50. The first-order valence-corrected chi connectivity index (χ1v) is 9.68. The van der Waals surface area contributed by atoms with Crippen LogP contribution in [-0.2, 0) is 9.47 Å². The first-order chi connectivity index (χ1) is 14.1. The minimum atomic E-state index is -1.58. The molecule has 29 heavy (non-hydrogen) atoms. The third kappa shape index (κ3) is 1.91. The van der Waals surface area contributed by atoms with Gasteiger partial charge in [0.1, 0.15) is 11.6 Å². The summed E-state index contributed by atoms with van der Waals surface area (Å²) in [5.41, 5.74) is 6.14. The summed E-state index contributed by atoms with van der Waals surface area (Å²) in [7, 11) is 1.60. The highest BCUT2D eigenvalue weighted by Crippen LogP contribution is 2.68. The number of nitrogens with one attached hydrogen (secondary N) is 1. The third-order valence-corrected chi connectivity index (χ3v) is 6.63. The Balaban J connectivity index is 1.79. The van der Waals surface area contributed by atoms with Gasteiger partial charge in [-0.2, -0.15) is 10.5 Å². The number of benzene rings is 1. The van der Waals surface area contributed by atoms with E-state index in [2.05, 4.69) is 22.4 Å². The van der Waals surface area contributed by atoms with Crippen LogP contribution in [-0.4, -0.2) is 32.1 Å². The summed E-state index contributed by atoms with van der Waals surface area (Å²) in [5, 5.41) is 24.7. The Morgan fingerprint density at radius 1 is 1.17 bits per heavy atom. The molecule has 8 nitrogen and oxygen atoms in total. The minimum Gasteiger partial charge on any atom is -0.497 e. The van der Waals surface area contributed by atoms with E-state index in [4.69, 9.17) is 19.9 Å². The van der Waals surface area contributed by atoms with E-state index < -0.39 is 22.8 Å². The zero-order valence-corrected chi connectivity index (χ0v) is 16.1. The van der Waals surface area contributed by atoms with Crippen molar-refractivity contribution in [3.63, 3.8) is 0 Å². The Bertz CT molecular complexity index is 1010. The molecule has 0 aromatic heterocycles. The summed E-state index contributed by atoms with van der Waals surface area (Å²) < 4.78 is 17.2. The predicted octanol–water partition coefficient (Wildman–Crippen LogP) is 1.87. The molecule has 1 fully saturated rings. The van der Waals surface area contributed by atoms with E-state index in [0.717, 1.165) is 29.7 Å². The first-order valence-electron chi connectivity index (χ1n) is 9.68. The molecule has 3 aliphatic heterocycles.